The van der Waals surface area contributed by atoms with Gasteiger partial charge >= 0.3 is 0 Å². The molecule has 0 amide bonds. The van der Waals surface area contributed by atoms with Gasteiger partial charge in [-0.05, 0) is 31.4 Å². The van der Waals surface area contributed by atoms with E-state index in [9.17, 15) is 13.5 Å². The zero-order chi connectivity index (χ0) is 16.2. The van der Waals surface area contributed by atoms with Crippen LogP contribution in [0.5, 0.6) is 0 Å². The standard InChI is InChI=1S/C14H22ClNO3S2/c1-5-10(4)14(11(17)8-9(2)3)16-21(18,19)13-7-6-12(15)20-13/h6-7,10-11,14,16-17H,2,5,8H2,1,3-4H3/t10-,11?,14-/m0/s1. The van der Waals surface area contributed by atoms with Gasteiger partial charge in [0, 0.05) is 0 Å². The second kappa shape index (κ2) is 7.74. The lowest BCUT2D eigenvalue weighted by molar-refractivity contribution is 0.111. The van der Waals surface area contributed by atoms with Crippen molar-refractivity contribution in [3.63, 3.8) is 0 Å². The number of sulfonamides is 1. The largest absolute Gasteiger partial charge is 0.391 e. The summed E-state index contributed by atoms with van der Waals surface area (Å²) in [5.74, 6) is 0.00422. The second-order valence-electron chi connectivity index (χ2n) is 5.32. The van der Waals surface area contributed by atoms with E-state index in [0.717, 1.165) is 23.3 Å². The summed E-state index contributed by atoms with van der Waals surface area (Å²) >= 11 is 6.79. The van der Waals surface area contributed by atoms with Crippen LogP contribution in [0, 0.1) is 5.92 Å². The van der Waals surface area contributed by atoms with Gasteiger partial charge in [0.25, 0.3) is 0 Å². The Morgan fingerprint density at radius 3 is 2.57 bits per heavy atom. The van der Waals surface area contributed by atoms with E-state index in [4.69, 9.17) is 11.6 Å². The fourth-order valence-electron chi connectivity index (χ4n) is 1.99. The minimum atomic E-state index is -3.68. The number of halogens is 1. The van der Waals surface area contributed by atoms with E-state index in [0.29, 0.717) is 10.8 Å². The molecule has 1 aromatic heterocycles. The van der Waals surface area contributed by atoms with Crippen molar-refractivity contribution >= 4 is 33.0 Å². The summed E-state index contributed by atoms with van der Waals surface area (Å²) in [5, 5.41) is 10.3. The van der Waals surface area contributed by atoms with Gasteiger partial charge in [-0.25, -0.2) is 13.1 Å². The summed E-state index contributed by atoms with van der Waals surface area (Å²) in [5.41, 5.74) is 0.814. The topological polar surface area (TPSA) is 66.4 Å². The highest BCUT2D eigenvalue weighted by Crippen LogP contribution is 2.27. The van der Waals surface area contributed by atoms with Crippen molar-refractivity contribution in [1.29, 1.82) is 0 Å². The van der Waals surface area contributed by atoms with Gasteiger partial charge in [0.15, 0.2) is 0 Å². The lowest BCUT2D eigenvalue weighted by Gasteiger charge is -2.28. The molecule has 0 spiro atoms. The molecule has 0 aliphatic heterocycles. The van der Waals surface area contributed by atoms with Crippen molar-refractivity contribution in [3.8, 4) is 0 Å². The molecule has 0 aliphatic carbocycles. The van der Waals surface area contributed by atoms with Crippen LogP contribution in [0.25, 0.3) is 0 Å². The molecule has 0 aromatic carbocycles. The molecule has 0 aliphatic rings. The number of aliphatic hydroxyl groups is 1. The SMILES string of the molecule is C=C(C)CC(O)[C@@H](NS(=O)(=O)c1ccc(Cl)s1)[C@@H](C)CC. The van der Waals surface area contributed by atoms with Crippen LogP contribution in [0.2, 0.25) is 4.34 Å². The highest BCUT2D eigenvalue weighted by atomic mass is 35.5. The van der Waals surface area contributed by atoms with Crippen LogP contribution in [-0.4, -0.2) is 25.7 Å². The van der Waals surface area contributed by atoms with E-state index in [1.54, 1.807) is 6.07 Å². The minimum absolute atomic E-state index is 0.00422. The monoisotopic (exact) mass is 351 g/mol. The summed E-state index contributed by atoms with van der Waals surface area (Å²) in [6.45, 7) is 9.45. The van der Waals surface area contributed by atoms with Gasteiger partial charge < -0.3 is 5.11 Å². The van der Waals surface area contributed by atoms with Crippen molar-refractivity contribution in [2.45, 2.75) is 50.0 Å². The lowest BCUT2D eigenvalue weighted by atomic mass is 9.92. The number of rotatable bonds is 8. The highest BCUT2D eigenvalue weighted by molar-refractivity contribution is 7.91. The van der Waals surface area contributed by atoms with Gasteiger partial charge in [-0.15, -0.1) is 17.9 Å². The van der Waals surface area contributed by atoms with Gasteiger partial charge in [-0.3, -0.25) is 0 Å². The minimum Gasteiger partial charge on any atom is -0.391 e. The summed E-state index contributed by atoms with van der Waals surface area (Å²) in [6, 6.07) is 2.45. The van der Waals surface area contributed by atoms with Crippen molar-refractivity contribution in [3.05, 3.63) is 28.6 Å². The Morgan fingerprint density at radius 1 is 1.52 bits per heavy atom. The fourth-order valence-corrected chi connectivity index (χ4v) is 4.87. The van der Waals surface area contributed by atoms with Gasteiger partial charge in [0.05, 0.1) is 16.5 Å². The average molecular weight is 352 g/mol. The van der Waals surface area contributed by atoms with Gasteiger partial charge in [0.2, 0.25) is 10.0 Å². The van der Waals surface area contributed by atoms with Crippen molar-refractivity contribution < 1.29 is 13.5 Å². The number of thiophene rings is 1. The Bertz CT molecular complexity index is 583. The van der Waals surface area contributed by atoms with Crippen molar-refractivity contribution in [2.24, 2.45) is 5.92 Å². The van der Waals surface area contributed by atoms with Gasteiger partial charge in [0.1, 0.15) is 4.21 Å². The van der Waals surface area contributed by atoms with Gasteiger partial charge in [-0.1, -0.05) is 37.4 Å². The Balaban J connectivity index is 2.97. The predicted octanol–water partition coefficient (Wildman–Crippen LogP) is 3.42. The number of nitrogens with one attached hydrogen (secondary N) is 1. The van der Waals surface area contributed by atoms with Crippen molar-refractivity contribution in [2.75, 3.05) is 0 Å². The first-order valence-corrected chi connectivity index (χ1v) is 9.45. The number of hydrogen-bond donors (Lipinski definition) is 2. The molecule has 0 fully saturated rings. The molecule has 1 rings (SSSR count). The molecular formula is C14H22ClNO3S2. The molecule has 0 saturated heterocycles. The molecule has 0 radical (unpaired) electrons. The van der Waals surface area contributed by atoms with E-state index in [2.05, 4.69) is 11.3 Å². The first-order valence-electron chi connectivity index (χ1n) is 6.77. The van der Waals surface area contributed by atoms with Crippen molar-refractivity contribution in [1.82, 2.24) is 4.72 Å². The normalized spacial score (nSPS) is 16.4. The summed E-state index contributed by atoms with van der Waals surface area (Å²) in [7, 11) is -3.68. The van der Waals surface area contributed by atoms with Crippen LogP contribution < -0.4 is 4.72 Å². The highest BCUT2D eigenvalue weighted by Gasteiger charge is 2.30. The van der Waals surface area contributed by atoms with E-state index >= 15 is 0 Å². The molecule has 2 N–H and O–H groups in total. The quantitative estimate of drug-likeness (QED) is 0.705. The molecule has 0 bridgehead atoms. The average Bonchev–Trinajstić information content (AvgIpc) is 2.81. The third-order valence-electron chi connectivity index (χ3n) is 3.33. The maximum absolute atomic E-state index is 12.4. The first kappa shape index (κ1) is 18.6. The molecule has 7 heteroatoms. The molecule has 4 nitrogen and oxygen atoms in total. The summed E-state index contributed by atoms with van der Waals surface area (Å²) in [4.78, 5) is 0. The Kier molecular flexibility index (Phi) is 6.87. The fraction of sp³-hybridized carbons (Fsp3) is 0.571. The zero-order valence-corrected chi connectivity index (χ0v) is 14.9. The third kappa shape index (κ3) is 5.38. The summed E-state index contributed by atoms with van der Waals surface area (Å²) in [6.07, 6.45) is 0.316. The van der Waals surface area contributed by atoms with Crippen LogP contribution in [0.4, 0.5) is 0 Å². The lowest BCUT2D eigenvalue weighted by Crippen LogP contribution is -2.47. The van der Waals surface area contributed by atoms with E-state index in [1.165, 1.54) is 6.07 Å². The molecule has 1 unspecified atom stereocenters. The Hall–Kier alpha value is -0.400. The maximum atomic E-state index is 12.4. The maximum Gasteiger partial charge on any atom is 0.250 e. The van der Waals surface area contributed by atoms with Gasteiger partial charge in [-0.2, -0.15) is 0 Å². The predicted molar refractivity (Wildman–Crippen MR) is 88.3 cm³/mol. The molecule has 21 heavy (non-hydrogen) atoms. The molecule has 0 saturated carbocycles. The second-order valence-corrected chi connectivity index (χ2v) is 8.98. The van der Waals surface area contributed by atoms with Crippen LogP contribution in [-0.2, 0) is 10.0 Å². The van der Waals surface area contributed by atoms with Crippen LogP contribution in [0.3, 0.4) is 0 Å². The molecule has 1 aromatic rings. The third-order valence-corrected chi connectivity index (χ3v) is 6.52. The molecular weight excluding hydrogens is 330 g/mol. The van der Waals surface area contributed by atoms with Crippen LogP contribution in [0.15, 0.2) is 28.5 Å². The molecule has 3 atom stereocenters. The smallest absolute Gasteiger partial charge is 0.250 e. The van der Waals surface area contributed by atoms with E-state index in [-0.39, 0.29) is 10.1 Å². The first-order chi connectivity index (χ1) is 9.67. The van der Waals surface area contributed by atoms with Crippen LogP contribution >= 0.6 is 22.9 Å². The number of aliphatic hydroxyl groups excluding tert-OH is 1. The Labute approximate surface area is 135 Å². The molecule has 120 valence electrons. The van der Waals surface area contributed by atoms with E-state index < -0.39 is 22.2 Å². The zero-order valence-electron chi connectivity index (χ0n) is 12.5. The summed E-state index contributed by atoms with van der Waals surface area (Å²) < 4.78 is 27.9. The Morgan fingerprint density at radius 2 is 2.14 bits per heavy atom. The molecule has 1 heterocycles. The number of hydrogen-bond acceptors (Lipinski definition) is 4. The van der Waals surface area contributed by atoms with E-state index in [1.807, 2.05) is 20.8 Å². The van der Waals surface area contributed by atoms with Crippen LogP contribution in [0.1, 0.15) is 33.6 Å².